The Balaban J connectivity index is 0.00000144. The molecule has 1 heterocycles. The summed E-state index contributed by atoms with van der Waals surface area (Å²) in [6, 6.07) is 8.23. The maximum absolute atomic E-state index is 11.3. The molecule has 0 saturated carbocycles. The average molecular weight is 368 g/mol. The fourth-order valence-electron chi connectivity index (χ4n) is 1.88. The van der Waals surface area contributed by atoms with Gasteiger partial charge in [-0.25, -0.2) is 4.79 Å². The van der Waals surface area contributed by atoms with Crippen molar-refractivity contribution in [1.82, 2.24) is 5.32 Å². The molecule has 1 aliphatic rings. The zero-order valence-electron chi connectivity index (χ0n) is 9.70. The van der Waals surface area contributed by atoms with E-state index < -0.39 is 0 Å². The molecule has 1 aliphatic heterocycles. The summed E-state index contributed by atoms with van der Waals surface area (Å²) in [5.41, 5.74) is 1.04. The number of rotatable bonds is 1. The quantitative estimate of drug-likeness (QED) is 0.771. The van der Waals surface area contributed by atoms with Gasteiger partial charge >= 0.3 is 6.09 Å². The van der Waals surface area contributed by atoms with Gasteiger partial charge in [-0.1, -0.05) is 26.0 Å². The summed E-state index contributed by atoms with van der Waals surface area (Å²) >= 11 is 2.27. The van der Waals surface area contributed by atoms with E-state index in [0.29, 0.717) is 6.61 Å². The highest BCUT2D eigenvalue weighted by Crippen LogP contribution is 2.36. The standard InChI is InChI=1S/C12H14INO2.ClH/c1-12(2)7-16-11(15)14-10(12)8-3-5-9(13)6-4-8;/h3-6,10H,7H2,1-2H3,(H,14,15);1H/t10-;/m0./s1. The van der Waals surface area contributed by atoms with Crippen molar-refractivity contribution in [3.8, 4) is 0 Å². The van der Waals surface area contributed by atoms with Gasteiger partial charge in [0, 0.05) is 8.99 Å². The Kier molecular flexibility index (Phi) is 4.66. The van der Waals surface area contributed by atoms with E-state index in [2.05, 4.69) is 53.9 Å². The largest absolute Gasteiger partial charge is 0.449 e. The van der Waals surface area contributed by atoms with Gasteiger partial charge in [-0.3, -0.25) is 0 Å². The molecule has 1 saturated heterocycles. The highest BCUT2D eigenvalue weighted by Gasteiger charge is 2.37. The van der Waals surface area contributed by atoms with Crippen LogP contribution in [0.2, 0.25) is 0 Å². The van der Waals surface area contributed by atoms with Gasteiger partial charge in [0.15, 0.2) is 0 Å². The molecule has 0 spiro atoms. The second kappa shape index (κ2) is 5.44. The molecular formula is C12H15ClINO2. The van der Waals surface area contributed by atoms with Crippen LogP contribution in [0.1, 0.15) is 25.5 Å². The van der Waals surface area contributed by atoms with Crippen molar-refractivity contribution in [2.24, 2.45) is 5.41 Å². The predicted molar refractivity (Wildman–Crippen MR) is 77.4 cm³/mol. The molecule has 3 nitrogen and oxygen atoms in total. The van der Waals surface area contributed by atoms with Crippen LogP contribution in [0.3, 0.4) is 0 Å². The molecule has 5 heteroatoms. The number of amides is 1. The molecule has 0 aliphatic carbocycles. The van der Waals surface area contributed by atoms with Crippen LogP contribution in [0.4, 0.5) is 4.79 Å². The van der Waals surface area contributed by atoms with Crippen LogP contribution in [0, 0.1) is 8.99 Å². The Labute approximate surface area is 121 Å². The van der Waals surface area contributed by atoms with E-state index in [4.69, 9.17) is 4.74 Å². The fourth-order valence-corrected chi connectivity index (χ4v) is 2.24. The molecule has 0 bridgehead atoms. The third-order valence-corrected chi connectivity index (χ3v) is 3.54. The van der Waals surface area contributed by atoms with Crippen molar-refractivity contribution < 1.29 is 9.53 Å². The summed E-state index contributed by atoms with van der Waals surface area (Å²) in [6.07, 6.45) is -0.331. The summed E-state index contributed by atoms with van der Waals surface area (Å²) in [5, 5.41) is 2.88. The van der Waals surface area contributed by atoms with Gasteiger partial charge in [0.25, 0.3) is 0 Å². The van der Waals surface area contributed by atoms with E-state index in [-0.39, 0.29) is 30.0 Å². The molecule has 0 aromatic heterocycles. The number of carbonyl (C=O) groups is 1. The summed E-state index contributed by atoms with van der Waals surface area (Å²) in [7, 11) is 0. The van der Waals surface area contributed by atoms with Crippen LogP contribution in [0.25, 0.3) is 0 Å². The fraction of sp³-hybridized carbons (Fsp3) is 0.417. The number of hydrogen-bond donors (Lipinski definition) is 1. The Morgan fingerprint density at radius 1 is 1.35 bits per heavy atom. The average Bonchev–Trinajstić information content (AvgIpc) is 2.23. The van der Waals surface area contributed by atoms with Crippen molar-refractivity contribution in [3.63, 3.8) is 0 Å². The summed E-state index contributed by atoms with van der Waals surface area (Å²) in [5.74, 6) is 0. The number of benzene rings is 1. The Morgan fingerprint density at radius 3 is 2.53 bits per heavy atom. The normalized spacial score (nSPS) is 22.1. The lowest BCUT2D eigenvalue weighted by Crippen LogP contribution is -2.46. The molecule has 17 heavy (non-hydrogen) atoms. The summed E-state index contributed by atoms with van der Waals surface area (Å²) in [6.45, 7) is 4.64. The van der Waals surface area contributed by atoms with Gasteiger partial charge in [0.05, 0.1) is 6.04 Å². The minimum Gasteiger partial charge on any atom is -0.449 e. The van der Waals surface area contributed by atoms with Gasteiger partial charge in [0.2, 0.25) is 0 Å². The minimum absolute atomic E-state index is 0. The smallest absolute Gasteiger partial charge is 0.407 e. The first kappa shape index (κ1) is 14.6. The Bertz CT molecular complexity index is 405. The Hall–Kier alpha value is -0.490. The lowest BCUT2D eigenvalue weighted by atomic mass is 9.80. The van der Waals surface area contributed by atoms with Gasteiger partial charge in [-0.05, 0) is 40.3 Å². The number of cyclic esters (lactones) is 1. The molecule has 1 fully saturated rings. The van der Waals surface area contributed by atoms with Gasteiger partial charge in [-0.15, -0.1) is 12.4 Å². The van der Waals surface area contributed by atoms with Crippen molar-refractivity contribution in [2.75, 3.05) is 6.61 Å². The lowest BCUT2D eigenvalue weighted by molar-refractivity contribution is 0.0387. The van der Waals surface area contributed by atoms with E-state index >= 15 is 0 Å². The van der Waals surface area contributed by atoms with Crippen molar-refractivity contribution >= 4 is 41.1 Å². The molecule has 0 unspecified atom stereocenters. The summed E-state index contributed by atoms with van der Waals surface area (Å²) in [4.78, 5) is 11.3. The maximum atomic E-state index is 11.3. The third kappa shape index (κ3) is 3.25. The predicted octanol–water partition coefficient (Wildman–Crippen LogP) is 3.52. The molecule has 94 valence electrons. The number of carbonyl (C=O) groups excluding carboxylic acids is 1. The zero-order chi connectivity index (χ0) is 11.8. The first-order chi connectivity index (χ1) is 7.49. The maximum Gasteiger partial charge on any atom is 0.407 e. The molecule has 0 radical (unpaired) electrons. The van der Waals surface area contributed by atoms with Gasteiger partial charge in [0.1, 0.15) is 6.61 Å². The van der Waals surface area contributed by atoms with Crippen LogP contribution >= 0.6 is 35.0 Å². The van der Waals surface area contributed by atoms with Crippen molar-refractivity contribution in [1.29, 1.82) is 0 Å². The first-order valence-corrected chi connectivity index (χ1v) is 6.26. The topological polar surface area (TPSA) is 38.3 Å². The number of ether oxygens (including phenoxy) is 1. The molecular weight excluding hydrogens is 352 g/mol. The van der Waals surface area contributed by atoms with Crippen LogP contribution in [0.5, 0.6) is 0 Å². The van der Waals surface area contributed by atoms with Crippen LogP contribution in [0.15, 0.2) is 24.3 Å². The lowest BCUT2D eigenvalue weighted by Gasteiger charge is -2.38. The van der Waals surface area contributed by atoms with Gasteiger partial charge < -0.3 is 10.1 Å². The number of nitrogens with one attached hydrogen (secondary N) is 1. The van der Waals surface area contributed by atoms with E-state index in [1.807, 2.05) is 12.1 Å². The monoisotopic (exact) mass is 367 g/mol. The molecule has 1 N–H and O–H groups in total. The Morgan fingerprint density at radius 2 is 1.94 bits per heavy atom. The van der Waals surface area contributed by atoms with E-state index in [9.17, 15) is 4.79 Å². The first-order valence-electron chi connectivity index (χ1n) is 5.18. The second-order valence-electron chi connectivity index (χ2n) is 4.69. The minimum atomic E-state index is -0.331. The van der Waals surface area contributed by atoms with Crippen LogP contribution in [-0.4, -0.2) is 12.7 Å². The molecule has 1 aromatic rings. The number of hydrogen-bond acceptors (Lipinski definition) is 2. The SMILES string of the molecule is CC1(C)COC(=O)N[C@H]1c1ccc(I)cc1.Cl. The van der Waals surface area contributed by atoms with Crippen molar-refractivity contribution in [2.45, 2.75) is 19.9 Å². The highest BCUT2D eigenvalue weighted by molar-refractivity contribution is 14.1. The van der Waals surface area contributed by atoms with E-state index in [1.54, 1.807) is 0 Å². The van der Waals surface area contributed by atoms with E-state index in [1.165, 1.54) is 3.57 Å². The molecule has 2 rings (SSSR count). The van der Waals surface area contributed by atoms with Crippen molar-refractivity contribution in [3.05, 3.63) is 33.4 Å². The van der Waals surface area contributed by atoms with Crippen LogP contribution < -0.4 is 5.32 Å². The second-order valence-corrected chi connectivity index (χ2v) is 5.94. The van der Waals surface area contributed by atoms with Crippen LogP contribution in [-0.2, 0) is 4.74 Å². The van der Waals surface area contributed by atoms with Gasteiger partial charge in [-0.2, -0.15) is 0 Å². The zero-order valence-corrected chi connectivity index (χ0v) is 12.7. The molecule has 1 aromatic carbocycles. The number of halogens is 2. The van der Waals surface area contributed by atoms with E-state index in [0.717, 1.165) is 5.56 Å². The molecule has 1 atom stereocenters. The summed E-state index contributed by atoms with van der Waals surface area (Å²) < 4.78 is 6.21. The third-order valence-electron chi connectivity index (χ3n) is 2.82. The molecule has 1 amide bonds. The number of alkyl carbamates (subject to hydrolysis) is 1. The highest BCUT2D eigenvalue weighted by atomic mass is 127.